The minimum absolute atomic E-state index is 0.0834. The smallest absolute Gasteiger partial charge is 0.426 e. The van der Waals surface area contributed by atoms with Crippen LogP contribution in [0, 0.1) is 5.41 Å². The van der Waals surface area contributed by atoms with Gasteiger partial charge >= 0.3 is 11.0 Å². The van der Waals surface area contributed by atoms with Gasteiger partial charge in [-0.3, -0.25) is 9.59 Å². The van der Waals surface area contributed by atoms with Gasteiger partial charge in [-0.2, -0.15) is 0 Å². The number of benzene rings is 2. The molecule has 2 aromatic rings. The zero-order valence-electron chi connectivity index (χ0n) is 18.5. The molecule has 0 unspecified atom stereocenters. The van der Waals surface area contributed by atoms with E-state index in [1.807, 2.05) is 20.8 Å². The Morgan fingerprint density at radius 1 is 0.871 bits per heavy atom. The van der Waals surface area contributed by atoms with Crippen molar-refractivity contribution in [3.63, 3.8) is 0 Å². The Labute approximate surface area is 182 Å². The number of sulfone groups is 1. The Bertz CT molecular complexity index is 1140. The normalized spacial score (nSPS) is 12.1. The first-order valence-electron chi connectivity index (χ1n) is 9.62. The molecule has 31 heavy (non-hydrogen) atoms. The summed E-state index contributed by atoms with van der Waals surface area (Å²) in [5.74, 6) is -1.24. The van der Waals surface area contributed by atoms with Gasteiger partial charge in [0.1, 0.15) is 5.75 Å². The fourth-order valence-electron chi connectivity index (χ4n) is 2.52. The maximum Gasteiger partial charge on any atom is 0.456 e. The van der Waals surface area contributed by atoms with Crippen molar-refractivity contribution in [2.24, 2.45) is 5.41 Å². The molecule has 2 rings (SSSR count). The van der Waals surface area contributed by atoms with Crippen LogP contribution in [0.15, 0.2) is 53.4 Å². The topological polar surface area (TPSA) is 114 Å². The van der Waals surface area contributed by atoms with Crippen molar-refractivity contribution in [1.29, 1.82) is 0 Å². The second kappa shape index (κ2) is 8.57. The van der Waals surface area contributed by atoms with Crippen LogP contribution in [-0.2, 0) is 20.0 Å². The third-order valence-corrected chi connectivity index (χ3v) is 6.18. The molecule has 0 radical (unpaired) electrons. The molecule has 0 fully saturated rings. The Kier molecular flexibility index (Phi) is 6.69. The van der Waals surface area contributed by atoms with E-state index in [2.05, 4.69) is 4.79 Å². The molecule has 2 aromatic carbocycles. The zero-order valence-corrected chi connectivity index (χ0v) is 19.3. The van der Waals surface area contributed by atoms with Crippen LogP contribution in [-0.4, -0.2) is 30.0 Å². The molecule has 0 heterocycles. The molecule has 0 aliphatic carbocycles. The number of carbonyl (C=O) groups excluding carboxylic acids is 2. The quantitative estimate of drug-likeness (QED) is 0.134. The summed E-state index contributed by atoms with van der Waals surface area (Å²) in [6.07, 6.45) is 0. The zero-order chi connectivity index (χ0) is 23.6. The summed E-state index contributed by atoms with van der Waals surface area (Å²) in [5.41, 5.74) is 9.51. The van der Waals surface area contributed by atoms with Gasteiger partial charge in [0.05, 0.1) is 10.3 Å². The molecule has 0 N–H and O–H groups in total. The van der Waals surface area contributed by atoms with E-state index >= 15 is 0 Å². The van der Waals surface area contributed by atoms with E-state index in [0.29, 0.717) is 0 Å². The number of esters is 1. The molecule has 164 valence electrons. The molecule has 0 bridgehead atoms. The Balaban J connectivity index is 2.31. The number of rotatable bonds is 4. The van der Waals surface area contributed by atoms with Gasteiger partial charge in [-0.25, -0.2) is 8.42 Å². The van der Waals surface area contributed by atoms with E-state index in [4.69, 9.17) is 4.74 Å². The average molecular weight is 443 g/mol. The van der Waals surface area contributed by atoms with Gasteiger partial charge in [0.25, 0.3) is 15.6 Å². The van der Waals surface area contributed by atoms with Gasteiger partial charge in [-0.05, 0) is 56.0 Å². The summed E-state index contributed by atoms with van der Waals surface area (Å²) in [6, 6.07) is 11.4. The minimum Gasteiger partial charge on any atom is -0.426 e. The first-order valence-corrected chi connectivity index (χ1v) is 11.1. The van der Waals surface area contributed by atoms with E-state index in [1.165, 1.54) is 36.4 Å². The van der Waals surface area contributed by atoms with E-state index in [-0.39, 0.29) is 21.6 Å². The lowest BCUT2D eigenvalue weighted by atomic mass is 9.86. The molecule has 0 aliphatic heterocycles. The lowest BCUT2D eigenvalue weighted by molar-refractivity contribution is -0.143. The van der Waals surface area contributed by atoms with E-state index in [1.54, 1.807) is 32.9 Å². The van der Waals surface area contributed by atoms with Crippen molar-refractivity contribution in [2.75, 3.05) is 0 Å². The maximum atomic E-state index is 12.9. The van der Waals surface area contributed by atoms with Gasteiger partial charge in [-0.1, -0.05) is 45.0 Å². The minimum atomic E-state index is -4.40. The molecule has 0 saturated heterocycles. The van der Waals surface area contributed by atoms with Crippen LogP contribution >= 0.6 is 0 Å². The molecule has 0 aliphatic rings. The summed E-state index contributed by atoms with van der Waals surface area (Å²) >= 11 is 0. The average Bonchev–Trinajstić information content (AvgIpc) is 2.67. The molecular formula is C23H26N2O5S. The van der Waals surface area contributed by atoms with Gasteiger partial charge in [0.2, 0.25) is 0 Å². The molecular weight excluding hydrogens is 416 g/mol. The van der Waals surface area contributed by atoms with Gasteiger partial charge in [-0.15, -0.1) is 4.79 Å². The molecule has 0 atom stereocenters. The van der Waals surface area contributed by atoms with Crippen molar-refractivity contribution < 1.29 is 27.5 Å². The van der Waals surface area contributed by atoms with Crippen LogP contribution in [0.25, 0.3) is 5.53 Å². The van der Waals surface area contributed by atoms with Crippen LogP contribution in [0.5, 0.6) is 5.75 Å². The standard InChI is InChI=1S/C23H26N2O5S/c1-22(2,3)16-9-7-15(8-10-16)19(26)20(25-24)31(28,29)18-13-11-17(12-14-18)30-21(27)23(4,5)6/h7-14H,1-6H3. The Morgan fingerprint density at radius 3 is 1.81 bits per heavy atom. The summed E-state index contributed by atoms with van der Waals surface area (Å²) in [7, 11) is -4.40. The molecule has 8 heteroatoms. The number of hydrogen-bond donors (Lipinski definition) is 0. The number of carbonyl (C=O) groups is 2. The molecule has 7 nitrogen and oxygen atoms in total. The van der Waals surface area contributed by atoms with Crippen LogP contribution < -0.4 is 4.74 Å². The summed E-state index contributed by atoms with van der Waals surface area (Å²) in [6.45, 7) is 11.1. The third-order valence-electron chi connectivity index (χ3n) is 4.51. The van der Waals surface area contributed by atoms with Crippen molar-refractivity contribution in [1.82, 2.24) is 0 Å². The predicted octanol–water partition coefficient (Wildman–Crippen LogP) is 4.22. The van der Waals surface area contributed by atoms with Crippen LogP contribution in [0.2, 0.25) is 0 Å². The second-order valence-corrected chi connectivity index (χ2v) is 11.0. The molecule has 0 saturated carbocycles. The second-order valence-electron chi connectivity index (χ2n) is 9.18. The Hall–Kier alpha value is -3.09. The summed E-state index contributed by atoms with van der Waals surface area (Å²) in [4.78, 5) is 27.2. The van der Waals surface area contributed by atoms with Gasteiger partial charge in [0, 0.05) is 5.56 Å². The highest BCUT2D eigenvalue weighted by atomic mass is 32.2. The van der Waals surface area contributed by atoms with Crippen molar-refractivity contribution in [3.05, 3.63) is 65.2 Å². The Morgan fingerprint density at radius 2 is 1.39 bits per heavy atom. The lowest BCUT2D eigenvalue weighted by Gasteiger charge is -2.18. The SMILES string of the molecule is CC(C)(C)C(=O)Oc1ccc(S(=O)(=O)C(=[N+]=[N-])C(=O)c2ccc(C(C)(C)C)cc2)cc1. The monoisotopic (exact) mass is 442 g/mol. The van der Waals surface area contributed by atoms with E-state index in [0.717, 1.165) is 5.56 Å². The number of hydrogen-bond acceptors (Lipinski definition) is 5. The van der Waals surface area contributed by atoms with Crippen LogP contribution in [0.4, 0.5) is 0 Å². The number of ketones is 1. The maximum absolute atomic E-state index is 12.9. The molecule has 0 aromatic heterocycles. The number of Topliss-reactive ketones (excluding diaryl/α,β-unsaturated/α-hetero) is 1. The highest BCUT2D eigenvalue weighted by molar-refractivity contribution is 8.08. The van der Waals surface area contributed by atoms with Gasteiger partial charge in [0.15, 0.2) is 0 Å². The van der Waals surface area contributed by atoms with E-state index in [9.17, 15) is 23.5 Å². The van der Waals surface area contributed by atoms with Crippen LogP contribution in [0.1, 0.15) is 57.5 Å². The number of nitrogens with zero attached hydrogens (tertiary/aromatic N) is 2. The highest BCUT2D eigenvalue weighted by Crippen LogP contribution is 2.24. The summed E-state index contributed by atoms with van der Waals surface area (Å²) < 4.78 is 31.0. The van der Waals surface area contributed by atoms with Crippen molar-refractivity contribution >= 4 is 26.6 Å². The molecule has 0 amide bonds. The fraction of sp³-hybridized carbons (Fsp3) is 0.348. The highest BCUT2D eigenvalue weighted by Gasteiger charge is 2.38. The first kappa shape index (κ1) is 24.2. The van der Waals surface area contributed by atoms with Crippen LogP contribution in [0.3, 0.4) is 0 Å². The molecule has 0 spiro atoms. The predicted molar refractivity (Wildman–Crippen MR) is 117 cm³/mol. The van der Waals surface area contributed by atoms with Crippen molar-refractivity contribution in [3.8, 4) is 5.75 Å². The fourth-order valence-corrected chi connectivity index (χ4v) is 3.71. The van der Waals surface area contributed by atoms with Crippen molar-refractivity contribution in [2.45, 2.75) is 51.9 Å². The summed E-state index contributed by atoms with van der Waals surface area (Å²) in [5, 5.41) is -0.990. The van der Waals surface area contributed by atoms with Gasteiger partial charge < -0.3 is 10.3 Å². The lowest BCUT2D eigenvalue weighted by Crippen LogP contribution is -2.26. The van der Waals surface area contributed by atoms with E-state index < -0.39 is 32.0 Å². The first-order chi connectivity index (χ1) is 14.2. The largest absolute Gasteiger partial charge is 0.456 e. The third kappa shape index (κ3) is 5.54. The number of ether oxygens (including phenoxy) is 1.